The highest BCUT2D eigenvalue weighted by molar-refractivity contribution is 7.91. The smallest absolute Gasteiger partial charge is 0.255 e. The lowest BCUT2D eigenvalue weighted by molar-refractivity contribution is 0.0747. The SMILES string of the molecule is CN(C(=O)c1ccc(NCCC2=CCCCC2)nc1)C1CCS(=O)(=O)C1. The normalized spacial score (nSPS) is 21.9. The number of anilines is 1. The molecule has 0 saturated carbocycles. The van der Waals surface area contributed by atoms with Crippen LogP contribution >= 0.6 is 0 Å². The van der Waals surface area contributed by atoms with E-state index in [1.54, 1.807) is 19.3 Å². The molecular formula is C19H27N3O3S. The van der Waals surface area contributed by atoms with E-state index in [4.69, 9.17) is 0 Å². The molecule has 1 N–H and O–H groups in total. The molecule has 6 nitrogen and oxygen atoms in total. The summed E-state index contributed by atoms with van der Waals surface area (Å²) in [6, 6.07) is 3.31. The molecular weight excluding hydrogens is 350 g/mol. The standard InChI is InChI=1S/C19H27N3O3S/c1-22(17-10-12-26(24,25)14-17)19(23)16-7-8-18(21-13-16)20-11-9-15-5-3-2-4-6-15/h5,7-8,13,17H,2-4,6,9-12,14H2,1H3,(H,20,21). The van der Waals surface area contributed by atoms with Gasteiger partial charge in [0.05, 0.1) is 17.1 Å². The number of hydrogen-bond donors (Lipinski definition) is 1. The molecule has 1 saturated heterocycles. The monoisotopic (exact) mass is 377 g/mol. The summed E-state index contributed by atoms with van der Waals surface area (Å²) >= 11 is 0. The summed E-state index contributed by atoms with van der Waals surface area (Å²) in [4.78, 5) is 18.4. The van der Waals surface area contributed by atoms with Gasteiger partial charge >= 0.3 is 0 Å². The second kappa shape index (κ2) is 8.20. The summed E-state index contributed by atoms with van der Waals surface area (Å²) in [7, 11) is -1.34. The Morgan fingerprint density at radius 2 is 2.19 bits per heavy atom. The largest absolute Gasteiger partial charge is 0.370 e. The van der Waals surface area contributed by atoms with E-state index in [1.165, 1.54) is 36.2 Å². The molecule has 1 fully saturated rings. The molecule has 1 aromatic rings. The van der Waals surface area contributed by atoms with Crippen LogP contribution < -0.4 is 5.32 Å². The van der Waals surface area contributed by atoms with E-state index >= 15 is 0 Å². The van der Waals surface area contributed by atoms with E-state index in [0.29, 0.717) is 12.0 Å². The summed E-state index contributed by atoms with van der Waals surface area (Å²) in [6.07, 6.45) is 10.4. The Balaban J connectivity index is 1.51. The van der Waals surface area contributed by atoms with Crippen molar-refractivity contribution in [2.75, 3.05) is 30.4 Å². The lowest BCUT2D eigenvalue weighted by Gasteiger charge is -2.23. The van der Waals surface area contributed by atoms with Crippen LogP contribution in [0.5, 0.6) is 0 Å². The lowest BCUT2D eigenvalue weighted by Crippen LogP contribution is -2.37. The van der Waals surface area contributed by atoms with Gasteiger partial charge in [0.2, 0.25) is 0 Å². The average molecular weight is 378 g/mol. The Bertz CT molecular complexity index is 772. The number of amides is 1. The van der Waals surface area contributed by atoms with Crippen molar-refractivity contribution in [1.82, 2.24) is 9.88 Å². The number of carbonyl (C=O) groups is 1. The number of allylic oxidation sites excluding steroid dienone is 1. The summed E-state index contributed by atoms with van der Waals surface area (Å²) in [5.41, 5.74) is 2.00. The zero-order valence-electron chi connectivity index (χ0n) is 15.3. The van der Waals surface area contributed by atoms with Gasteiger partial charge in [0, 0.05) is 25.8 Å². The van der Waals surface area contributed by atoms with E-state index in [2.05, 4.69) is 16.4 Å². The van der Waals surface area contributed by atoms with Gasteiger partial charge in [-0.1, -0.05) is 11.6 Å². The molecule has 1 unspecified atom stereocenters. The Hall–Kier alpha value is -1.89. The maximum atomic E-state index is 12.5. The van der Waals surface area contributed by atoms with Gasteiger partial charge in [-0.2, -0.15) is 0 Å². The highest BCUT2D eigenvalue weighted by atomic mass is 32.2. The van der Waals surface area contributed by atoms with Gasteiger partial charge in [-0.15, -0.1) is 0 Å². The molecule has 0 bridgehead atoms. The fraction of sp³-hybridized carbons (Fsp3) is 0.579. The van der Waals surface area contributed by atoms with Crippen molar-refractivity contribution in [1.29, 1.82) is 0 Å². The van der Waals surface area contributed by atoms with Gasteiger partial charge in [0.15, 0.2) is 9.84 Å². The van der Waals surface area contributed by atoms with E-state index < -0.39 is 9.84 Å². The Morgan fingerprint density at radius 1 is 1.35 bits per heavy atom. The minimum Gasteiger partial charge on any atom is -0.370 e. The molecule has 1 atom stereocenters. The van der Waals surface area contributed by atoms with E-state index in [9.17, 15) is 13.2 Å². The molecule has 1 aromatic heterocycles. The Morgan fingerprint density at radius 3 is 2.81 bits per heavy atom. The number of aromatic nitrogens is 1. The average Bonchev–Trinajstić information content (AvgIpc) is 3.02. The second-order valence-corrected chi connectivity index (χ2v) is 9.42. The molecule has 1 aliphatic heterocycles. The van der Waals surface area contributed by atoms with Crippen LogP contribution in [0.4, 0.5) is 5.82 Å². The quantitative estimate of drug-likeness (QED) is 0.771. The van der Waals surface area contributed by atoms with Gasteiger partial charge in [-0.05, 0) is 50.7 Å². The van der Waals surface area contributed by atoms with Crippen molar-refractivity contribution < 1.29 is 13.2 Å². The number of nitrogens with one attached hydrogen (secondary N) is 1. The first-order valence-corrected chi connectivity index (χ1v) is 11.1. The third kappa shape index (κ3) is 4.84. The summed E-state index contributed by atoms with van der Waals surface area (Å²) in [5, 5.41) is 3.30. The molecule has 2 heterocycles. The van der Waals surface area contributed by atoms with Crippen molar-refractivity contribution in [2.24, 2.45) is 0 Å². The summed E-state index contributed by atoms with van der Waals surface area (Å²) in [5.74, 6) is 0.785. The topological polar surface area (TPSA) is 79.4 Å². The van der Waals surface area contributed by atoms with Crippen LogP contribution in [-0.4, -0.2) is 55.3 Å². The molecule has 7 heteroatoms. The van der Waals surface area contributed by atoms with Crippen LogP contribution in [0.1, 0.15) is 48.9 Å². The third-order valence-corrected chi connectivity index (χ3v) is 6.97. The maximum absolute atomic E-state index is 12.5. The second-order valence-electron chi connectivity index (χ2n) is 7.19. The number of sulfone groups is 1. The van der Waals surface area contributed by atoms with Crippen LogP contribution in [0.15, 0.2) is 30.0 Å². The molecule has 0 aromatic carbocycles. The van der Waals surface area contributed by atoms with Gasteiger partial charge in [0.1, 0.15) is 5.82 Å². The fourth-order valence-corrected chi connectivity index (χ4v) is 5.33. The van der Waals surface area contributed by atoms with E-state index in [1.807, 2.05) is 6.07 Å². The lowest BCUT2D eigenvalue weighted by atomic mass is 9.97. The highest BCUT2D eigenvalue weighted by Gasteiger charge is 2.33. The minimum absolute atomic E-state index is 0.0537. The third-order valence-electron chi connectivity index (χ3n) is 5.22. The van der Waals surface area contributed by atoms with Crippen LogP contribution in [0.25, 0.3) is 0 Å². The van der Waals surface area contributed by atoms with Crippen LogP contribution in [0.2, 0.25) is 0 Å². The molecule has 0 radical (unpaired) electrons. The Labute approximate surface area is 155 Å². The Kier molecular flexibility index (Phi) is 5.96. The molecule has 0 spiro atoms. The number of pyridine rings is 1. The first-order chi connectivity index (χ1) is 12.4. The predicted octanol–water partition coefficient (Wildman–Crippen LogP) is 2.64. The molecule has 26 heavy (non-hydrogen) atoms. The zero-order chi connectivity index (χ0) is 18.6. The number of hydrogen-bond acceptors (Lipinski definition) is 5. The van der Waals surface area contributed by atoms with E-state index in [-0.39, 0.29) is 23.5 Å². The fourth-order valence-electron chi connectivity index (χ4n) is 3.56. The first kappa shape index (κ1) is 18.9. The predicted molar refractivity (Wildman–Crippen MR) is 103 cm³/mol. The first-order valence-electron chi connectivity index (χ1n) is 9.30. The van der Waals surface area contributed by atoms with Crippen molar-refractivity contribution in [2.45, 2.75) is 44.6 Å². The zero-order valence-corrected chi connectivity index (χ0v) is 16.1. The summed E-state index contributed by atoms with van der Waals surface area (Å²) < 4.78 is 23.2. The van der Waals surface area contributed by atoms with Crippen molar-refractivity contribution in [3.05, 3.63) is 35.5 Å². The molecule has 1 amide bonds. The van der Waals surface area contributed by atoms with Crippen molar-refractivity contribution in [3.8, 4) is 0 Å². The number of carbonyl (C=O) groups excluding carboxylic acids is 1. The minimum atomic E-state index is -3.01. The van der Waals surface area contributed by atoms with Gasteiger partial charge < -0.3 is 10.2 Å². The highest BCUT2D eigenvalue weighted by Crippen LogP contribution is 2.21. The van der Waals surface area contributed by atoms with Gasteiger partial charge in [0.25, 0.3) is 5.91 Å². The molecule has 142 valence electrons. The van der Waals surface area contributed by atoms with Crippen molar-refractivity contribution >= 4 is 21.6 Å². The van der Waals surface area contributed by atoms with Crippen LogP contribution in [0, 0.1) is 0 Å². The summed E-state index contributed by atoms with van der Waals surface area (Å²) in [6.45, 7) is 0.839. The van der Waals surface area contributed by atoms with Crippen LogP contribution in [0.3, 0.4) is 0 Å². The van der Waals surface area contributed by atoms with Gasteiger partial charge in [-0.25, -0.2) is 13.4 Å². The molecule has 3 rings (SSSR count). The number of rotatable bonds is 6. The maximum Gasteiger partial charge on any atom is 0.255 e. The van der Waals surface area contributed by atoms with E-state index in [0.717, 1.165) is 18.8 Å². The molecule has 2 aliphatic rings. The van der Waals surface area contributed by atoms with Crippen LogP contribution in [-0.2, 0) is 9.84 Å². The van der Waals surface area contributed by atoms with Crippen molar-refractivity contribution in [3.63, 3.8) is 0 Å². The van der Waals surface area contributed by atoms with Gasteiger partial charge in [-0.3, -0.25) is 4.79 Å². The molecule has 1 aliphatic carbocycles. The number of nitrogens with zero attached hydrogens (tertiary/aromatic N) is 2.